The summed E-state index contributed by atoms with van der Waals surface area (Å²) in [6.45, 7) is 3.52. The minimum atomic E-state index is -0.638. The summed E-state index contributed by atoms with van der Waals surface area (Å²) in [6, 6.07) is 11.5. The number of amides is 2. The molecule has 6 nitrogen and oxygen atoms in total. The molecular weight excluding hydrogens is 394 g/mol. The minimum Gasteiger partial charge on any atom is -0.454 e. The van der Waals surface area contributed by atoms with Gasteiger partial charge in [-0.05, 0) is 68.1 Å². The van der Waals surface area contributed by atoms with Gasteiger partial charge in [0.05, 0.1) is 23.1 Å². The summed E-state index contributed by atoms with van der Waals surface area (Å²) in [5.74, 6) is -1.93. The smallest absolute Gasteiger partial charge is 0.338 e. The highest BCUT2D eigenvalue weighted by Crippen LogP contribution is 2.37. The molecule has 4 rings (SSSR count). The van der Waals surface area contributed by atoms with E-state index in [1.54, 1.807) is 24.3 Å². The van der Waals surface area contributed by atoms with Crippen molar-refractivity contribution in [1.82, 2.24) is 0 Å². The number of ether oxygens (including phenoxy) is 1. The van der Waals surface area contributed by atoms with Crippen LogP contribution < -0.4 is 4.90 Å². The summed E-state index contributed by atoms with van der Waals surface area (Å²) in [7, 11) is 0. The largest absolute Gasteiger partial charge is 0.454 e. The number of benzene rings is 2. The number of hydrogen-bond donors (Lipinski definition) is 0. The van der Waals surface area contributed by atoms with E-state index in [9.17, 15) is 19.2 Å². The summed E-state index contributed by atoms with van der Waals surface area (Å²) in [6.07, 6.45) is 5.03. The first-order valence-electron chi connectivity index (χ1n) is 10.3. The maximum Gasteiger partial charge on any atom is 0.338 e. The van der Waals surface area contributed by atoms with E-state index in [1.807, 2.05) is 32.1 Å². The number of nitrogens with zero attached hydrogens (tertiary/aromatic N) is 1. The molecule has 31 heavy (non-hydrogen) atoms. The van der Waals surface area contributed by atoms with Gasteiger partial charge in [-0.3, -0.25) is 19.3 Å². The molecule has 158 valence electrons. The van der Waals surface area contributed by atoms with Crippen LogP contribution in [0.1, 0.15) is 44.7 Å². The molecule has 0 radical (unpaired) electrons. The first-order chi connectivity index (χ1) is 14.9. The fraction of sp³-hybridized carbons (Fsp3) is 0.280. The second-order valence-electron chi connectivity index (χ2n) is 8.01. The highest BCUT2D eigenvalue weighted by atomic mass is 16.5. The minimum absolute atomic E-state index is 0.200. The molecule has 1 heterocycles. The predicted molar refractivity (Wildman–Crippen MR) is 115 cm³/mol. The van der Waals surface area contributed by atoms with Gasteiger partial charge in [-0.15, -0.1) is 0 Å². The van der Waals surface area contributed by atoms with Crippen LogP contribution in [0.15, 0.2) is 54.6 Å². The highest BCUT2D eigenvalue weighted by Gasteiger charge is 2.47. The Morgan fingerprint density at radius 3 is 2.03 bits per heavy atom. The Bertz CT molecular complexity index is 1070. The van der Waals surface area contributed by atoms with Crippen LogP contribution in [0.25, 0.3) is 0 Å². The number of carbonyl (C=O) groups is 4. The Hall–Kier alpha value is -3.54. The van der Waals surface area contributed by atoms with E-state index >= 15 is 0 Å². The fourth-order valence-corrected chi connectivity index (χ4v) is 4.01. The maximum atomic E-state index is 12.7. The second kappa shape index (κ2) is 8.30. The van der Waals surface area contributed by atoms with Crippen LogP contribution in [0, 0.1) is 25.7 Å². The van der Waals surface area contributed by atoms with Crippen molar-refractivity contribution in [2.75, 3.05) is 11.5 Å². The van der Waals surface area contributed by atoms with Gasteiger partial charge in [0.15, 0.2) is 12.4 Å². The monoisotopic (exact) mass is 417 g/mol. The standard InChI is InChI=1S/C25H23NO5/c1-15-7-8-18(13-16(15)2)22(27)14-31-25(30)17-9-11-19(12-10-17)26-23(28)20-5-3-4-6-21(20)24(26)29/h3-4,7-13,20-21H,5-6,14H2,1-2H3/t20-,21-/m1/s1. The number of Topliss-reactive ketones (excluding diaryl/α,β-unsaturated/α-hetero) is 1. The van der Waals surface area contributed by atoms with Gasteiger partial charge in [-0.25, -0.2) is 4.79 Å². The number of esters is 1. The zero-order valence-electron chi connectivity index (χ0n) is 17.5. The molecule has 0 aromatic heterocycles. The Kier molecular flexibility index (Phi) is 5.55. The number of imide groups is 1. The Balaban J connectivity index is 1.40. The van der Waals surface area contributed by atoms with Gasteiger partial charge in [0.1, 0.15) is 0 Å². The van der Waals surface area contributed by atoms with Gasteiger partial charge in [0.25, 0.3) is 0 Å². The molecule has 2 amide bonds. The Morgan fingerprint density at radius 2 is 1.45 bits per heavy atom. The van der Waals surface area contributed by atoms with Crippen LogP contribution in [-0.2, 0) is 14.3 Å². The third kappa shape index (κ3) is 3.93. The number of hydrogen-bond acceptors (Lipinski definition) is 5. The van der Waals surface area contributed by atoms with E-state index in [1.165, 1.54) is 17.0 Å². The molecular formula is C25H23NO5. The first kappa shape index (κ1) is 20.7. The zero-order chi connectivity index (χ0) is 22.1. The lowest BCUT2D eigenvalue weighted by atomic mass is 9.85. The van der Waals surface area contributed by atoms with Gasteiger partial charge in [-0.2, -0.15) is 0 Å². The molecule has 0 spiro atoms. The average molecular weight is 417 g/mol. The molecule has 1 saturated heterocycles. The summed E-state index contributed by atoms with van der Waals surface area (Å²) in [5.41, 5.74) is 3.25. The maximum absolute atomic E-state index is 12.7. The number of anilines is 1. The Morgan fingerprint density at radius 1 is 0.871 bits per heavy atom. The highest BCUT2D eigenvalue weighted by molar-refractivity contribution is 6.22. The number of allylic oxidation sites excluding steroid dienone is 2. The van der Waals surface area contributed by atoms with Crippen LogP contribution in [0.4, 0.5) is 5.69 Å². The van der Waals surface area contributed by atoms with E-state index in [4.69, 9.17) is 4.74 Å². The van der Waals surface area contributed by atoms with Crippen molar-refractivity contribution in [1.29, 1.82) is 0 Å². The van der Waals surface area contributed by atoms with Crippen LogP contribution in [0.3, 0.4) is 0 Å². The molecule has 1 aliphatic carbocycles. The second-order valence-corrected chi connectivity index (χ2v) is 8.01. The van der Waals surface area contributed by atoms with Crippen molar-refractivity contribution in [3.05, 3.63) is 76.9 Å². The van der Waals surface area contributed by atoms with E-state index in [2.05, 4.69) is 0 Å². The molecule has 6 heteroatoms. The van der Waals surface area contributed by atoms with Gasteiger partial charge in [0.2, 0.25) is 11.8 Å². The summed E-state index contributed by atoms with van der Waals surface area (Å²) in [4.78, 5) is 51.2. The topological polar surface area (TPSA) is 80.8 Å². The molecule has 1 fully saturated rings. The van der Waals surface area contributed by atoms with E-state index in [-0.39, 0.29) is 41.6 Å². The molecule has 2 aliphatic rings. The number of carbonyl (C=O) groups excluding carboxylic acids is 4. The van der Waals surface area contributed by atoms with Crippen LogP contribution >= 0.6 is 0 Å². The SMILES string of the molecule is Cc1ccc(C(=O)COC(=O)c2ccc(N3C(=O)[C@@H]4CC=CC[C@H]4C3=O)cc2)cc1C. The molecule has 1 aliphatic heterocycles. The van der Waals surface area contributed by atoms with Crippen molar-refractivity contribution >= 4 is 29.3 Å². The van der Waals surface area contributed by atoms with Crippen molar-refractivity contribution in [3.63, 3.8) is 0 Å². The molecule has 0 saturated carbocycles. The lowest BCUT2D eigenvalue weighted by Crippen LogP contribution is -2.30. The average Bonchev–Trinajstić information content (AvgIpc) is 3.04. The normalized spacial score (nSPS) is 20.0. The number of rotatable bonds is 5. The van der Waals surface area contributed by atoms with E-state index in [0.29, 0.717) is 24.1 Å². The molecule has 0 bridgehead atoms. The predicted octanol–water partition coefficient (Wildman–Crippen LogP) is 3.80. The number of ketones is 1. The van der Waals surface area contributed by atoms with Crippen LogP contribution in [-0.4, -0.2) is 30.2 Å². The first-order valence-corrected chi connectivity index (χ1v) is 10.3. The van der Waals surface area contributed by atoms with Crippen LogP contribution in [0.2, 0.25) is 0 Å². The van der Waals surface area contributed by atoms with Gasteiger partial charge >= 0.3 is 5.97 Å². The summed E-state index contributed by atoms with van der Waals surface area (Å²) >= 11 is 0. The lowest BCUT2D eigenvalue weighted by Gasteiger charge is -2.15. The third-order valence-electron chi connectivity index (χ3n) is 6.03. The molecule has 2 aromatic rings. The molecule has 2 atom stereocenters. The Labute approximate surface area is 180 Å². The van der Waals surface area contributed by atoms with E-state index in [0.717, 1.165) is 11.1 Å². The van der Waals surface area contributed by atoms with Crippen molar-refractivity contribution in [2.24, 2.45) is 11.8 Å². The van der Waals surface area contributed by atoms with Gasteiger partial charge in [-0.1, -0.05) is 24.3 Å². The molecule has 2 aromatic carbocycles. The molecule has 0 N–H and O–H groups in total. The quantitative estimate of drug-likeness (QED) is 0.320. The van der Waals surface area contributed by atoms with Crippen molar-refractivity contribution in [2.45, 2.75) is 26.7 Å². The number of aryl methyl sites for hydroxylation is 2. The third-order valence-corrected chi connectivity index (χ3v) is 6.03. The van der Waals surface area contributed by atoms with Crippen molar-refractivity contribution in [3.8, 4) is 0 Å². The zero-order valence-corrected chi connectivity index (χ0v) is 17.5. The molecule has 0 unspecified atom stereocenters. The van der Waals surface area contributed by atoms with Crippen LogP contribution in [0.5, 0.6) is 0 Å². The van der Waals surface area contributed by atoms with Crippen molar-refractivity contribution < 1.29 is 23.9 Å². The summed E-state index contributed by atoms with van der Waals surface area (Å²) < 4.78 is 5.15. The van der Waals surface area contributed by atoms with Gasteiger partial charge in [0, 0.05) is 5.56 Å². The van der Waals surface area contributed by atoms with E-state index < -0.39 is 5.97 Å². The summed E-state index contributed by atoms with van der Waals surface area (Å²) in [5, 5.41) is 0. The lowest BCUT2D eigenvalue weighted by molar-refractivity contribution is -0.122. The number of fused-ring (bicyclic) bond motifs is 1. The fourth-order valence-electron chi connectivity index (χ4n) is 4.01. The van der Waals surface area contributed by atoms with Gasteiger partial charge < -0.3 is 4.74 Å².